The molecule has 21 heavy (non-hydrogen) atoms. The lowest BCUT2D eigenvalue weighted by molar-refractivity contribution is 0.174. The van der Waals surface area contributed by atoms with Crippen LogP contribution in [0.5, 0.6) is 11.5 Å². The molecule has 4 rings (SSSR count). The Balaban J connectivity index is 1.77. The number of aromatic nitrogens is 2. The predicted octanol–water partition coefficient (Wildman–Crippen LogP) is 1.35. The molecule has 3 heterocycles. The van der Waals surface area contributed by atoms with E-state index < -0.39 is 0 Å². The number of nitrogens with zero attached hydrogens (tertiary/aromatic N) is 3. The van der Waals surface area contributed by atoms with Gasteiger partial charge in [-0.15, -0.1) is 0 Å². The van der Waals surface area contributed by atoms with E-state index in [0.717, 1.165) is 35.5 Å². The van der Waals surface area contributed by atoms with Gasteiger partial charge in [-0.3, -0.25) is 4.68 Å². The maximum Gasteiger partial charge on any atom is 0.231 e. The van der Waals surface area contributed by atoms with Crippen molar-refractivity contribution in [2.75, 3.05) is 20.4 Å². The molecule has 0 aliphatic carbocycles. The van der Waals surface area contributed by atoms with Crippen molar-refractivity contribution in [1.29, 1.82) is 0 Å². The second kappa shape index (κ2) is 4.89. The summed E-state index contributed by atoms with van der Waals surface area (Å²) >= 11 is 0. The molecule has 2 aromatic rings. The van der Waals surface area contributed by atoms with Gasteiger partial charge in [-0.25, -0.2) is 0 Å². The summed E-state index contributed by atoms with van der Waals surface area (Å²) in [6.07, 6.45) is 2.43. The summed E-state index contributed by atoms with van der Waals surface area (Å²) in [6.45, 7) is 2.18. The summed E-state index contributed by atoms with van der Waals surface area (Å²) in [5.41, 5.74) is 1.70. The molecule has 1 aromatic carbocycles. The van der Waals surface area contributed by atoms with Gasteiger partial charge in [0.15, 0.2) is 11.5 Å². The molecule has 1 N–H and O–H groups in total. The number of rotatable bonds is 3. The van der Waals surface area contributed by atoms with Crippen LogP contribution in [0, 0.1) is 0 Å². The van der Waals surface area contributed by atoms with Gasteiger partial charge in [0.2, 0.25) is 6.79 Å². The third kappa shape index (κ3) is 2.06. The largest absolute Gasteiger partial charge is 0.454 e. The first-order valence-corrected chi connectivity index (χ1v) is 7.36. The van der Waals surface area contributed by atoms with Gasteiger partial charge in [-0.2, -0.15) is 5.10 Å². The third-order valence-corrected chi connectivity index (χ3v) is 4.53. The van der Waals surface area contributed by atoms with Crippen LogP contribution in [0.15, 0.2) is 12.1 Å². The van der Waals surface area contributed by atoms with E-state index in [4.69, 9.17) is 9.47 Å². The van der Waals surface area contributed by atoms with E-state index in [1.165, 1.54) is 12.8 Å². The molecule has 0 spiro atoms. The van der Waals surface area contributed by atoms with Gasteiger partial charge in [0, 0.05) is 17.5 Å². The molecule has 0 amide bonds. The van der Waals surface area contributed by atoms with Gasteiger partial charge in [0.25, 0.3) is 0 Å². The zero-order valence-corrected chi connectivity index (χ0v) is 12.1. The van der Waals surface area contributed by atoms with Crippen molar-refractivity contribution in [3.8, 4) is 11.5 Å². The Kier molecular flexibility index (Phi) is 3.01. The highest BCUT2D eigenvalue weighted by Crippen LogP contribution is 2.37. The van der Waals surface area contributed by atoms with Crippen LogP contribution in [0.1, 0.15) is 18.5 Å². The van der Waals surface area contributed by atoms with Gasteiger partial charge < -0.3 is 19.5 Å². The number of aliphatic hydroxyl groups excluding tert-OH is 1. The lowest BCUT2D eigenvalue weighted by atomic mass is 10.2. The summed E-state index contributed by atoms with van der Waals surface area (Å²) in [4.78, 5) is 2.37. The average molecular weight is 289 g/mol. The number of aliphatic hydroxyl groups is 1. The molecular formula is C15H19N3O3. The van der Waals surface area contributed by atoms with E-state index in [1.54, 1.807) is 0 Å². The van der Waals surface area contributed by atoms with Gasteiger partial charge in [0.1, 0.15) is 0 Å². The minimum Gasteiger partial charge on any atom is -0.454 e. The molecule has 0 saturated carbocycles. The fraction of sp³-hybridized carbons (Fsp3) is 0.533. The van der Waals surface area contributed by atoms with Crippen LogP contribution in [0.25, 0.3) is 10.9 Å². The smallest absolute Gasteiger partial charge is 0.231 e. The van der Waals surface area contributed by atoms with Crippen LogP contribution in [0.4, 0.5) is 0 Å². The summed E-state index contributed by atoms with van der Waals surface area (Å²) < 4.78 is 12.9. The zero-order chi connectivity index (χ0) is 14.4. The van der Waals surface area contributed by atoms with Crippen LogP contribution in [-0.2, 0) is 13.2 Å². The Bertz CT molecular complexity index is 682. The van der Waals surface area contributed by atoms with Gasteiger partial charge in [0.05, 0.1) is 24.4 Å². The van der Waals surface area contributed by atoms with Crippen molar-refractivity contribution >= 4 is 10.9 Å². The quantitative estimate of drug-likeness (QED) is 0.924. The van der Waals surface area contributed by atoms with Crippen LogP contribution < -0.4 is 9.47 Å². The highest BCUT2D eigenvalue weighted by Gasteiger charge is 2.24. The number of likely N-dealkylation sites (tertiary alicyclic amines) is 1. The van der Waals surface area contributed by atoms with Crippen LogP contribution in [-0.4, -0.2) is 46.2 Å². The normalized spacial score (nSPS) is 21.5. The van der Waals surface area contributed by atoms with Crippen LogP contribution in [0.2, 0.25) is 0 Å². The minimum atomic E-state index is -0.0658. The molecule has 6 nitrogen and oxygen atoms in total. The first-order chi connectivity index (χ1) is 10.3. The first-order valence-electron chi connectivity index (χ1n) is 7.36. The highest BCUT2D eigenvalue weighted by atomic mass is 16.7. The van der Waals surface area contributed by atoms with E-state index >= 15 is 0 Å². The Morgan fingerprint density at radius 1 is 1.33 bits per heavy atom. The lowest BCUT2D eigenvalue weighted by Crippen LogP contribution is -2.29. The van der Waals surface area contributed by atoms with Crippen LogP contribution in [0.3, 0.4) is 0 Å². The number of ether oxygens (including phenoxy) is 2. The van der Waals surface area contributed by atoms with Crippen molar-refractivity contribution in [3.05, 3.63) is 17.8 Å². The minimum absolute atomic E-state index is 0.0658. The van der Waals surface area contributed by atoms with Gasteiger partial charge in [-0.05, 0) is 32.5 Å². The topological polar surface area (TPSA) is 59.8 Å². The average Bonchev–Trinajstić information content (AvgIpc) is 3.17. The van der Waals surface area contributed by atoms with E-state index in [-0.39, 0.29) is 13.4 Å². The Hall–Kier alpha value is -1.79. The molecule has 0 bridgehead atoms. The molecule has 2 aliphatic heterocycles. The molecule has 1 unspecified atom stereocenters. The molecule has 2 aliphatic rings. The molecule has 112 valence electrons. The van der Waals surface area contributed by atoms with Gasteiger partial charge >= 0.3 is 0 Å². The number of hydrogen-bond donors (Lipinski definition) is 1. The van der Waals surface area contributed by atoms with E-state index in [1.807, 2.05) is 16.8 Å². The number of benzene rings is 1. The Labute approximate surface area is 122 Å². The molecule has 1 fully saturated rings. The Morgan fingerprint density at radius 3 is 2.86 bits per heavy atom. The standard InChI is InChI=1S/C15H19N3O3/c1-17-4-2-3-10(17)7-18-13-6-15-14(20-9-21-15)5-11(13)12(8-19)16-18/h5-6,10,19H,2-4,7-9H2,1H3. The monoisotopic (exact) mass is 289 g/mol. The van der Waals surface area contributed by atoms with Crippen molar-refractivity contribution in [3.63, 3.8) is 0 Å². The number of fused-ring (bicyclic) bond motifs is 2. The maximum absolute atomic E-state index is 9.55. The fourth-order valence-electron chi connectivity index (χ4n) is 3.29. The zero-order valence-electron chi connectivity index (χ0n) is 12.1. The maximum atomic E-state index is 9.55. The van der Waals surface area contributed by atoms with E-state index in [9.17, 15) is 5.11 Å². The molecule has 1 aromatic heterocycles. The molecule has 0 radical (unpaired) electrons. The Morgan fingerprint density at radius 2 is 2.14 bits per heavy atom. The van der Waals surface area contributed by atoms with Crippen molar-refractivity contribution in [1.82, 2.24) is 14.7 Å². The summed E-state index contributed by atoms with van der Waals surface area (Å²) in [6, 6.07) is 4.40. The summed E-state index contributed by atoms with van der Waals surface area (Å²) in [5.74, 6) is 1.49. The summed E-state index contributed by atoms with van der Waals surface area (Å²) in [5, 5.41) is 15.1. The second-order valence-electron chi connectivity index (χ2n) is 5.79. The molecule has 6 heteroatoms. The number of likely N-dealkylation sites (N-methyl/N-ethyl adjacent to an activating group) is 1. The van der Waals surface area contributed by atoms with E-state index in [2.05, 4.69) is 17.0 Å². The SMILES string of the molecule is CN1CCCC1Cn1nc(CO)c2cc3c(cc21)OCO3. The predicted molar refractivity (Wildman–Crippen MR) is 77.4 cm³/mol. The third-order valence-electron chi connectivity index (χ3n) is 4.53. The fourth-order valence-corrected chi connectivity index (χ4v) is 3.29. The van der Waals surface area contributed by atoms with Gasteiger partial charge in [-0.1, -0.05) is 0 Å². The van der Waals surface area contributed by atoms with E-state index in [0.29, 0.717) is 11.7 Å². The van der Waals surface area contributed by atoms with Crippen molar-refractivity contribution in [2.24, 2.45) is 0 Å². The molecule has 1 atom stereocenters. The van der Waals surface area contributed by atoms with Crippen LogP contribution >= 0.6 is 0 Å². The lowest BCUT2D eigenvalue weighted by Gasteiger charge is -2.19. The highest BCUT2D eigenvalue weighted by molar-refractivity contribution is 5.86. The molecule has 1 saturated heterocycles. The molecular weight excluding hydrogens is 270 g/mol. The second-order valence-corrected chi connectivity index (χ2v) is 5.79. The first kappa shape index (κ1) is 12.9. The van der Waals surface area contributed by atoms with Crippen molar-refractivity contribution < 1.29 is 14.6 Å². The summed E-state index contributed by atoms with van der Waals surface area (Å²) in [7, 11) is 2.16. The number of hydrogen-bond acceptors (Lipinski definition) is 5. The van der Waals surface area contributed by atoms with Crippen molar-refractivity contribution in [2.45, 2.75) is 32.0 Å².